The molecule has 0 atom stereocenters. The molecule has 0 amide bonds. The number of nitrogen functional groups attached to an aromatic ring is 1. The van der Waals surface area contributed by atoms with E-state index in [-0.39, 0.29) is 0 Å². The number of methoxy groups -OCH3 is 1. The molecule has 1 rings (SSSR count). The maximum Gasteiger partial charge on any atom is 0.123 e. The molecule has 0 fully saturated rings. The molecule has 120 valence electrons. The Morgan fingerprint density at radius 2 is 1.67 bits per heavy atom. The second kappa shape index (κ2) is 10.4. The van der Waals surface area contributed by atoms with Crippen LogP contribution in [-0.4, -0.2) is 51.5 Å². The SMILES string of the molecule is CCOCCN(CCOCC)Cc1cc(N)ccc1OC. The fraction of sp³-hybridized carbons (Fsp3) is 0.625. The van der Waals surface area contributed by atoms with Gasteiger partial charge in [-0.1, -0.05) is 0 Å². The zero-order chi connectivity index (χ0) is 15.5. The van der Waals surface area contributed by atoms with Crippen molar-refractivity contribution in [3.05, 3.63) is 23.8 Å². The summed E-state index contributed by atoms with van der Waals surface area (Å²) in [5, 5.41) is 0. The Kier molecular flexibility index (Phi) is 8.82. The molecule has 0 aliphatic carbocycles. The maximum atomic E-state index is 5.88. The Balaban J connectivity index is 2.66. The van der Waals surface area contributed by atoms with Crippen molar-refractivity contribution in [1.82, 2.24) is 4.90 Å². The Bertz CT molecular complexity index is 389. The molecule has 0 aliphatic heterocycles. The van der Waals surface area contributed by atoms with E-state index in [4.69, 9.17) is 19.9 Å². The molecular weight excluding hydrogens is 268 g/mol. The summed E-state index contributed by atoms with van der Waals surface area (Å²) in [5.41, 5.74) is 7.72. The van der Waals surface area contributed by atoms with E-state index < -0.39 is 0 Å². The predicted molar refractivity (Wildman–Crippen MR) is 85.7 cm³/mol. The second-order valence-corrected chi connectivity index (χ2v) is 4.74. The van der Waals surface area contributed by atoms with E-state index in [0.29, 0.717) is 13.2 Å². The van der Waals surface area contributed by atoms with Crippen molar-refractivity contribution in [2.75, 3.05) is 52.4 Å². The molecule has 21 heavy (non-hydrogen) atoms. The van der Waals surface area contributed by atoms with Crippen LogP contribution in [0.15, 0.2) is 18.2 Å². The van der Waals surface area contributed by atoms with Crippen LogP contribution in [0.1, 0.15) is 19.4 Å². The first-order valence-electron chi connectivity index (χ1n) is 7.51. The lowest BCUT2D eigenvalue weighted by molar-refractivity contribution is 0.0794. The van der Waals surface area contributed by atoms with Gasteiger partial charge in [-0.3, -0.25) is 4.90 Å². The van der Waals surface area contributed by atoms with Gasteiger partial charge in [0.1, 0.15) is 5.75 Å². The number of anilines is 1. The average molecular weight is 296 g/mol. The van der Waals surface area contributed by atoms with E-state index in [1.54, 1.807) is 7.11 Å². The molecule has 5 nitrogen and oxygen atoms in total. The van der Waals surface area contributed by atoms with Crippen LogP contribution >= 0.6 is 0 Å². The molecule has 2 N–H and O–H groups in total. The lowest BCUT2D eigenvalue weighted by Gasteiger charge is -2.23. The highest BCUT2D eigenvalue weighted by molar-refractivity contribution is 5.47. The normalized spacial score (nSPS) is 11.0. The number of nitrogens with zero attached hydrogens (tertiary/aromatic N) is 1. The summed E-state index contributed by atoms with van der Waals surface area (Å²) >= 11 is 0. The minimum Gasteiger partial charge on any atom is -0.496 e. The Hall–Kier alpha value is -1.30. The zero-order valence-electron chi connectivity index (χ0n) is 13.4. The summed E-state index contributed by atoms with van der Waals surface area (Å²) in [6.07, 6.45) is 0. The molecule has 1 aromatic carbocycles. The van der Waals surface area contributed by atoms with Crippen molar-refractivity contribution in [1.29, 1.82) is 0 Å². The molecule has 0 aliphatic rings. The van der Waals surface area contributed by atoms with E-state index in [0.717, 1.165) is 49.8 Å². The minimum atomic E-state index is 0.716. The summed E-state index contributed by atoms with van der Waals surface area (Å²) in [5.74, 6) is 0.863. The van der Waals surface area contributed by atoms with Crippen molar-refractivity contribution in [2.45, 2.75) is 20.4 Å². The van der Waals surface area contributed by atoms with Crippen LogP contribution in [0.25, 0.3) is 0 Å². The van der Waals surface area contributed by atoms with Gasteiger partial charge in [0, 0.05) is 44.1 Å². The van der Waals surface area contributed by atoms with Crippen molar-refractivity contribution < 1.29 is 14.2 Å². The summed E-state index contributed by atoms with van der Waals surface area (Å²) in [6.45, 7) is 9.41. The van der Waals surface area contributed by atoms with Crippen LogP contribution in [0.3, 0.4) is 0 Å². The van der Waals surface area contributed by atoms with Gasteiger partial charge in [-0.15, -0.1) is 0 Å². The summed E-state index contributed by atoms with van der Waals surface area (Å²) in [7, 11) is 1.68. The van der Waals surface area contributed by atoms with Crippen LogP contribution in [0.2, 0.25) is 0 Å². The van der Waals surface area contributed by atoms with Gasteiger partial charge in [-0.25, -0.2) is 0 Å². The van der Waals surface area contributed by atoms with Crippen LogP contribution in [0, 0.1) is 0 Å². The first-order valence-corrected chi connectivity index (χ1v) is 7.51. The van der Waals surface area contributed by atoms with E-state index in [2.05, 4.69) is 4.90 Å². The third-order valence-corrected chi connectivity index (χ3v) is 3.21. The van der Waals surface area contributed by atoms with Crippen LogP contribution in [0.5, 0.6) is 5.75 Å². The third kappa shape index (κ3) is 6.80. The lowest BCUT2D eigenvalue weighted by Crippen LogP contribution is -2.31. The highest BCUT2D eigenvalue weighted by Crippen LogP contribution is 2.22. The number of ether oxygens (including phenoxy) is 3. The standard InChI is InChI=1S/C16H28N2O3/c1-4-20-10-8-18(9-11-21-5-2)13-14-12-15(17)6-7-16(14)19-3/h6-7,12H,4-5,8-11,13,17H2,1-3H3. The van der Waals surface area contributed by atoms with Crippen molar-refractivity contribution in [3.63, 3.8) is 0 Å². The van der Waals surface area contributed by atoms with Gasteiger partial charge in [-0.2, -0.15) is 0 Å². The second-order valence-electron chi connectivity index (χ2n) is 4.74. The zero-order valence-corrected chi connectivity index (χ0v) is 13.4. The van der Waals surface area contributed by atoms with Gasteiger partial charge in [0.2, 0.25) is 0 Å². The molecule has 1 aromatic rings. The summed E-state index contributed by atoms with van der Waals surface area (Å²) in [4.78, 5) is 2.29. The summed E-state index contributed by atoms with van der Waals surface area (Å²) in [6, 6.07) is 5.73. The molecule has 0 saturated heterocycles. The molecule has 0 unspecified atom stereocenters. The monoisotopic (exact) mass is 296 g/mol. The maximum absolute atomic E-state index is 5.88. The first-order chi connectivity index (χ1) is 10.2. The molecule has 0 spiro atoms. The molecule has 0 aromatic heterocycles. The van der Waals surface area contributed by atoms with E-state index in [1.165, 1.54) is 0 Å². The van der Waals surface area contributed by atoms with Gasteiger partial charge in [0.15, 0.2) is 0 Å². The lowest BCUT2D eigenvalue weighted by atomic mass is 10.1. The van der Waals surface area contributed by atoms with Crippen molar-refractivity contribution in [3.8, 4) is 5.75 Å². The van der Waals surface area contributed by atoms with Crippen LogP contribution in [0.4, 0.5) is 5.69 Å². The fourth-order valence-electron chi connectivity index (χ4n) is 2.11. The van der Waals surface area contributed by atoms with E-state index >= 15 is 0 Å². The number of hydrogen-bond donors (Lipinski definition) is 1. The number of hydrogen-bond acceptors (Lipinski definition) is 5. The minimum absolute atomic E-state index is 0.716. The highest BCUT2D eigenvalue weighted by atomic mass is 16.5. The summed E-state index contributed by atoms with van der Waals surface area (Å²) < 4.78 is 16.3. The molecular formula is C16H28N2O3. The van der Waals surface area contributed by atoms with Crippen LogP contribution in [-0.2, 0) is 16.0 Å². The number of nitrogens with two attached hydrogens (primary N) is 1. The predicted octanol–water partition coefficient (Wildman–Crippen LogP) is 2.15. The highest BCUT2D eigenvalue weighted by Gasteiger charge is 2.10. The van der Waals surface area contributed by atoms with Crippen molar-refractivity contribution in [2.24, 2.45) is 0 Å². The number of benzene rings is 1. The Morgan fingerprint density at radius 3 is 2.19 bits per heavy atom. The Labute approximate surface area is 128 Å². The van der Waals surface area contributed by atoms with E-state index in [9.17, 15) is 0 Å². The smallest absolute Gasteiger partial charge is 0.123 e. The van der Waals surface area contributed by atoms with Gasteiger partial charge < -0.3 is 19.9 Å². The largest absolute Gasteiger partial charge is 0.496 e. The van der Waals surface area contributed by atoms with Gasteiger partial charge in [0.25, 0.3) is 0 Å². The van der Waals surface area contributed by atoms with Crippen LogP contribution < -0.4 is 10.5 Å². The topological polar surface area (TPSA) is 57.0 Å². The quantitative estimate of drug-likeness (QED) is 0.501. The molecule has 0 saturated carbocycles. The molecule has 0 heterocycles. The first kappa shape index (κ1) is 17.8. The van der Waals surface area contributed by atoms with E-state index in [1.807, 2.05) is 32.0 Å². The average Bonchev–Trinajstić information content (AvgIpc) is 2.48. The molecule has 5 heteroatoms. The van der Waals surface area contributed by atoms with Gasteiger partial charge in [0.05, 0.1) is 20.3 Å². The Morgan fingerprint density at radius 1 is 1.05 bits per heavy atom. The van der Waals surface area contributed by atoms with Gasteiger partial charge >= 0.3 is 0 Å². The molecule has 0 radical (unpaired) electrons. The third-order valence-electron chi connectivity index (χ3n) is 3.21. The number of rotatable bonds is 11. The van der Waals surface area contributed by atoms with Gasteiger partial charge in [-0.05, 0) is 32.0 Å². The fourth-order valence-corrected chi connectivity index (χ4v) is 2.11. The molecule has 0 bridgehead atoms. The van der Waals surface area contributed by atoms with Crippen molar-refractivity contribution >= 4 is 5.69 Å².